The predicted molar refractivity (Wildman–Crippen MR) is 86.8 cm³/mol. The lowest BCUT2D eigenvalue weighted by molar-refractivity contribution is 0.415. The first kappa shape index (κ1) is 15.6. The van der Waals surface area contributed by atoms with E-state index >= 15 is 0 Å². The topological polar surface area (TPSA) is 21.3 Å². The van der Waals surface area contributed by atoms with Crippen LogP contribution in [0.15, 0.2) is 30.3 Å². The van der Waals surface area contributed by atoms with E-state index < -0.39 is 0 Å². The number of halogens is 4. The van der Waals surface area contributed by atoms with Crippen LogP contribution in [0.25, 0.3) is 0 Å². The fourth-order valence-electron chi connectivity index (χ4n) is 1.70. The third-order valence-corrected chi connectivity index (χ3v) is 4.25. The van der Waals surface area contributed by atoms with Gasteiger partial charge in [-0.2, -0.15) is 0 Å². The highest BCUT2D eigenvalue weighted by Crippen LogP contribution is 2.32. The molecule has 0 aromatic heterocycles. The normalized spacial score (nSPS) is 10.4. The van der Waals surface area contributed by atoms with Crippen molar-refractivity contribution in [3.63, 3.8) is 0 Å². The molecule has 1 N–H and O–H groups in total. The molecule has 2 nitrogen and oxygen atoms in total. The van der Waals surface area contributed by atoms with E-state index in [1.54, 1.807) is 31.4 Å². The Labute approximate surface area is 137 Å². The molecule has 0 spiro atoms. The minimum absolute atomic E-state index is 0.445. The minimum Gasteiger partial charge on any atom is -0.495 e. The van der Waals surface area contributed by atoms with Crippen molar-refractivity contribution in [1.29, 1.82) is 0 Å². The molecule has 2 rings (SSSR count). The second-order valence-corrected chi connectivity index (χ2v) is 5.62. The van der Waals surface area contributed by atoms with Crippen molar-refractivity contribution in [3.05, 3.63) is 56.0 Å². The van der Waals surface area contributed by atoms with Gasteiger partial charge in [0.05, 0.1) is 22.2 Å². The van der Waals surface area contributed by atoms with Crippen LogP contribution in [0.2, 0.25) is 20.1 Å². The summed E-state index contributed by atoms with van der Waals surface area (Å²) in [4.78, 5) is 0. The fraction of sp³-hybridized carbons (Fsp3) is 0.143. The standard InChI is InChI=1S/C14H11Cl4NO/c1-20-13-5-2-8(6-12(13)17)19-7-9-10(15)3-4-11(16)14(9)18/h2-6,19H,7H2,1H3. The number of ether oxygens (including phenoxy) is 1. The van der Waals surface area contributed by atoms with Gasteiger partial charge in [-0.15, -0.1) is 0 Å². The van der Waals surface area contributed by atoms with E-state index in [-0.39, 0.29) is 0 Å². The van der Waals surface area contributed by atoms with Gasteiger partial charge in [-0.1, -0.05) is 46.4 Å². The van der Waals surface area contributed by atoms with Crippen LogP contribution in [-0.2, 0) is 6.54 Å². The zero-order chi connectivity index (χ0) is 14.7. The summed E-state index contributed by atoms with van der Waals surface area (Å²) in [6.45, 7) is 0.445. The SMILES string of the molecule is COc1ccc(NCc2c(Cl)ccc(Cl)c2Cl)cc1Cl. The Balaban J connectivity index is 2.17. The van der Waals surface area contributed by atoms with Gasteiger partial charge in [0.1, 0.15) is 5.75 Å². The first-order chi connectivity index (χ1) is 9.52. The van der Waals surface area contributed by atoms with Crippen molar-refractivity contribution in [1.82, 2.24) is 0 Å². The summed E-state index contributed by atoms with van der Waals surface area (Å²) < 4.78 is 5.10. The Morgan fingerprint density at radius 3 is 2.30 bits per heavy atom. The molecule has 106 valence electrons. The Hall–Kier alpha value is -0.800. The lowest BCUT2D eigenvalue weighted by Gasteiger charge is -2.12. The van der Waals surface area contributed by atoms with E-state index in [0.717, 1.165) is 11.3 Å². The number of nitrogens with one attached hydrogen (secondary N) is 1. The van der Waals surface area contributed by atoms with Gasteiger partial charge < -0.3 is 10.1 Å². The number of hydrogen-bond donors (Lipinski definition) is 1. The molecule has 0 aliphatic rings. The smallest absolute Gasteiger partial charge is 0.137 e. The van der Waals surface area contributed by atoms with Gasteiger partial charge in [-0.25, -0.2) is 0 Å². The summed E-state index contributed by atoms with van der Waals surface area (Å²) in [7, 11) is 1.57. The van der Waals surface area contributed by atoms with Crippen LogP contribution in [0.5, 0.6) is 5.75 Å². The molecule has 0 bridgehead atoms. The second kappa shape index (κ2) is 6.77. The van der Waals surface area contributed by atoms with Crippen molar-refractivity contribution in [2.75, 3.05) is 12.4 Å². The number of rotatable bonds is 4. The number of hydrogen-bond acceptors (Lipinski definition) is 2. The number of methoxy groups -OCH3 is 1. The maximum Gasteiger partial charge on any atom is 0.137 e. The monoisotopic (exact) mass is 349 g/mol. The number of benzene rings is 2. The Morgan fingerprint density at radius 1 is 0.950 bits per heavy atom. The second-order valence-electron chi connectivity index (χ2n) is 4.02. The van der Waals surface area contributed by atoms with E-state index in [2.05, 4.69) is 5.32 Å². The maximum atomic E-state index is 6.14. The van der Waals surface area contributed by atoms with Crippen molar-refractivity contribution in [3.8, 4) is 5.75 Å². The average Bonchev–Trinajstić information content (AvgIpc) is 2.43. The molecule has 0 unspecified atom stereocenters. The Kier molecular flexibility index (Phi) is 5.28. The van der Waals surface area contributed by atoms with Crippen LogP contribution in [0.1, 0.15) is 5.56 Å². The Morgan fingerprint density at radius 2 is 1.65 bits per heavy atom. The molecule has 0 atom stereocenters. The van der Waals surface area contributed by atoms with E-state index in [1.807, 2.05) is 6.07 Å². The van der Waals surface area contributed by atoms with Crippen LogP contribution >= 0.6 is 46.4 Å². The number of anilines is 1. The minimum atomic E-state index is 0.445. The molecule has 2 aromatic carbocycles. The molecule has 0 heterocycles. The molecule has 2 aromatic rings. The summed E-state index contributed by atoms with van der Waals surface area (Å²) in [5.74, 6) is 0.621. The van der Waals surface area contributed by atoms with Gasteiger partial charge in [-0.3, -0.25) is 0 Å². The molecule has 0 fully saturated rings. The molecule has 0 aliphatic heterocycles. The van der Waals surface area contributed by atoms with E-state index in [0.29, 0.717) is 32.4 Å². The van der Waals surface area contributed by atoms with Gasteiger partial charge >= 0.3 is 0 Å². The third kappa shape index (κ3) is 3.44. The summed E-state index contributed by atoms with van der Waals surface area (Å²) in [6.07, 6.45) is 0. The van der Waals surface area contributed by atoms with E-state index in [9.17, 15) is 0 Å². The highest BCUT2D eigenvalue weighted by atomic mass is 35.5. The Bertz CT molecular complexity index is 631. The van der Waals surface area contributed by atoms with Crippen LogP contribution in [-0.4, -0.2) is 7.11 Å². The van der Waals surface area contributed by atoms with Crippen LogP contribution in [0, 0.1) is 0 Å². The van der Waals surface area contributed by atoms with Gasteiger partial charge in [0.25, 0.3) is 0 Å². The van der Waals surface area contributed by atoms with Gasteiger partial charge in [0.2, 0.25) is 0 Å². The first-order valence-electron chi connectivity index (χ1n) is 5.72. The summed E-state index contributed by atoms with van der Waals surface area (Å²) in [6, 6.07) is 8.80. The first-order valence-corrected chi connectivity index (χ1v) is 7.24. The molecule has 0 saturated carbocycles. The molecular weight excluding hydrogens is 340 g/mol. The quantitative estimate of drug-likeness (QED) is 0.691. The molecule has 0 radical (unpaired) electrons. The highest BCUT2D eigenvalue weighted by molar-refractivity contribution is 6.44. The van der Waals surface area contributed by atoms with Gasteiger partial charge in [-0.05, 0) is 30.3 Å². The van der Waals surface area contributed by atoms with Crippen LogP contribution in [0.4, 0.5) is 5.69 Å². The zero-order valence-corrected chi connectivity index (χ0v) is 13.5. The lowest BCUT2D eigenvalue weighted by atomic mass is 10.2. The average molecular weight is 351 g/mol. The van der Waals surface area contributed by atoms with Crippen LogP contribution < -0.4 is 10.1 Å². The molecule has 0 amide bonds. The van der Waals surface area contributed by atoms with Gasteiger partial charge in [0.15, 0.2) is 0 Å². The summed E-state index contributed by atoms with van der Waals surface area (Å²) in [5, 5.41) is 5.21. The molecule has 20 heavy (non-hydrogen) atoms. The summed E-state index contributed by atoms with van der Waals surface area (Å²) >= 11 is 24.3. The van der Waals surface area contributed by atoms with Crippen molar-refractivity contribution in [2.45, 2.75) is 6.54 Å². The van der Waals surface area contributed by atoms with Crippen molar-refractivity contribution in [2.24, 2.45) is 0 Å². The largest absolute Gasteiger partial charge is 0.495 e. The van der Waals surface area contributed by atoms with Crippen molar-refractivity contribution >= 4 is 52.1 Å². The highest BCUT2D eigenvalue weighted by Gasteiger charge is 2.10. The zero-order valence-electron chi connectivity index (χ0n) is 10.5. The van der Waals surface area contributed by atoms with Gasteiger partial charge in [0, 0.05) is 22.8 Å². The predicted octanol–water partition coefficient (Wildman–Crippen LogP) is 5.92. The van der Waals surface area contributed by atoms with E-state index in [1.165, 1.54) is 0 Å². The summed E-state index contributed by atoms with van der Waals surface area (Å²) in [5.41, 5.74) is 1.58. The van der Waals surface area contributed by atoms with E-state index in [4.69, 9.17) is 51.1 Å². The lowest BCUT2D eigenvalue weighted by Crippen LogP contribution is -2.01. The molecular formula is C14H11Cl4NO. The maximum absolute atomic E-state index is 6.14. The third-order valence-electron chi connectivity index (χ3n) is 2.76. The van der Waals surface area contributed by atoms with Crippen molar-refractivity contribution < 1.29 is 4.74 Å². The molecule has 0 saturated heterocycles. The van der Waals surface area contributed by atoms with Crippen LogP contribution in [0.3, 0.4) is 0 Å². The fourth-order valence-corrected chi connectivity index (χ4v) is 2.64. The molecule has 6 heteroatoms. The molecule has 0 aliphatic carbocycles.